The fraction of sp³-hybridized carbons (Fsp3) is 1.00. The maximum atomic E-state index is 5.50. The predicted octanol–water partition coefficient (Wildman–Crippen LogP) is -1.33. The first-order chi connectivity index (χ1) is 24.4. The number of rotatable bonds is 26. The van der Waals surface area contributed by atoms with Crippen molar-refractivity contribution < 1.29 is 9.47 Å². The molecule has 0 rings (SSSR count). The summed E-state index contributed by atoms with van der Waals surface area (Å²) in [5.41, 5.74) is 68.2. The Morgan fingerprint density at radius 1 is 0.451 bits per heavy atom. The molecule has 0 saturated heterocycles. The van der Waals surface area contributed by atoms with Crippen LogP contribution in [0.5, 0.6) is 0 Å². The van der Waals surface area contributed by atoms with Crippen LogP contribution in [0.4, 0.5) is 0 Å². The van der Waals surface area contributed by atoms with Gasteiger partial charge in [0, 0.05) is 25.2 Å². The fourth-order valence-corrected chi connectivity index (χ4v) is 2.92. The molecule has 0 bridgehead atoms. The lowest BCUT2D eigenvalue weighted by Crippen LogP contribution is -2.22. The van der Waals surface area contributed by atoms with Gasteiger partial charge in [0.05, 0.1) is 26.4 Å². The van der Waals surface area contributed by atoms with Crippen molar-refractivity contribution >= 4 is 0 Å². The third-order valence-electron chi connectivity index (χ3n) is 6.26. The van der Waals surface area contributed by atoms with Crippen LogP contribution >= 0.6 is 0 Å². The van der Waals surface area contributed by atoms with Crippen molar-refractivity contribution in [2.24, 2.45) is 80.5 Å². The van der Waals surface area contributed by atoms with Crippen LogP contribution in [-0.4, -0.2) is 136 Å². The standard InChI is InChI=1S/C6H16N2O2.2C6H16N2.2C5H14N2.C4H12N2.C3H10N2/c7-1-3-9-5-6-10-4-2-8;1-6(5-8)3-2-4-7;7-5-3-1-2-4-6-8;1-7(2)5-3-4-6;1-2-5(7)3-4-6;1-4(6)2-3-5;4-2-1-3-5/h1-8H2;6H,2-5,7-8H2,1H3;1-8H2;3-6H2,1-2H3;5H,2-4,6-7H2,1H3;4H,2-3,5-6H2,1H3;1-5H2. The van der Waals surface area contributed by atoms with Gasteiger partial charge in [0.15, 0.2) is 0 Å². The Bertz CT molecular complexity index is 474. The van der Waals surface area contributed by atoms with Crippen molar-refractivity contribution in [3.8, 4) is 0 Å². The molecule has 0 aliphatic carbocycles. The molecular weight excluding hydrogens is 648 g/mol. The Morgan fingerprint density at radius 3 is 1.06 bits per heavy atom. The van der Waals surface area contributed by atoms with Gasteiger partial charge in [-0.05, 0) is 150 Å². The minimum absolute atomic E-state index is 0.273. The summed E-state index contributed by atoms with van der Waals surface area (Å²) in [4.78, 5) is 2.13. The maximum absolute atomic E-state index is 5.50. The van der Waals surface area contributed by atoms with Crippen molar-refractivity contribution in [2.45, 2.75) is 103 Å². The van der Waals surface area contributed by atoms with Gasteiger partial charge in [0.2, 0.25) is 0 Å². The van der Waals surface area contributed by atoms with Gasteiger partial charge >= 0.3 is 0 Å². The van der Waals surface area contributed by atoms with Crippen LogP contribution in [0.25, 0.3) is 0 Å². The van der Waals surface area contributed by atoms with Gasteiger partial charge < -0.3 is 88.9 Å². The Kier molecular flexibility index (Phi) is 90.7. The summed E-state index contributed by atoms with van der Waals surface area (Å²) in [5.74, 6) is 0.651. The monoisotopic (exact) mass is 747 g/mol. The second-order valence-electron chi connectivity index (χ2n) is 12.2. The Balaban J connectivity index is -0.0000000894. The lowest BCUT2D eigenvalue weighted by atomic mass is 10.1. The number of ether oxygens (including phenoxy) is 2. The third kappa shape index (κ3) is 113. The summed E-state index contributed by atoms with van der Waals surface area (Å²) in [6, 6.07) is 0.597. The van der Waals surface area contributed by atoms with E-state index in [0.29, 0.717) is 58.0 Å². The highest BCUT2D eigenvalue weighted by molar-refractivity contribution is 4.56. The minimum Gasteiger partial charge on any atom is -0.378 e. The van der Waals surface area contributed by atoms with E-state index in [9.17, 15) is 0 Å². The van der Waals surface area contributed by atoms with Crippen LogP contribution in [0, 0.1) is 5.92 Å². The Hall–Kier alpha value is -0.640. The molecule has 0 aromatic carbocycles. The number of hydrogen-bond donors (Lipinski definition) is 13. The molecule has 0 fully saturated rings. The summed E-state index contributed by atoms with van der Waals surface area (Å²) in [6.45, 7) is 17.7. The highest BCUT2D eigenvalue weighted by atomic mass is 16.5. The normalized spacial score (nSPS) is 11.6. The molecular formula is C35H98N14O2. The molecule has 0 radical (unpaired) electrons. The number of nitrogens with zero attached hydrogens (tertiary/aromatic N) is 1. The summed E-state index contributed by atoms with van der Waals surface area (Å²) in [7, 11) is 4.10. The number of unbranched alkanes of at least 4 members (excludes halogenated alkanes) is 3. The number of hydrogen-bond acceptors (Lipinski definition) is 16. The lowest BCUT2D eigenvalue weighted by molar-refractivity contribution is 0.0538. The molecule has 3 unspecified atom stereocenters. The van der Waals surface area contributed by atoms with Crippen molar-refractivity contribution in [3.63, 3.8) is 0 Å². The Labute approximate surface area is 317 Å². The van der Waals surface area contributed by atoms with E-state index in [-0.39, 0.29) is 6.04 Å². The van der Waals surface area contributed by atoms with Crippen molar-refractivity contribution in [1.82, 2.24) is 4.90 Å². The van der Waals surface area contributed by atoms with Crippen molar-refractivity contribution in [2.75, 3.05) is 119 Å². The molecule has 51 heavy (non-hydrogen) atoms. The second kappa shape index (κ2) is 70.9. The molecule has 0 aliphatic rings. The van der Waals surface area contributed by atoms with Crippen molar-refractivity contribution in [1.29, 1.82) is 0 Å². The van der Waals surface area contributed by atoms with E-state index in [1.165, 1.54) is 19.3 Å². The smallest absolute Gasteiger partial charge is 0.0701 e. The van der Waals surface area contributed by atoms with E-state index in [1.54, 1.807) is 0 Å². The zero-order valence-corrected chi connectivity index (χ0v) is 34.6. The summed E-state index contributed by atoms with van der Waals surface area (Å²) in [5, 5.41) is 0. The molecule has 0 aromatic heterocycles. The predicted molar refractivity (Wildman–Crippen MR) is 227 cm³/mol. The molecule has 16 heteroatoms. The van der Waals surface area contributed by atoms with Crippen LogP contribution < -0.4 is 74.5 Å². The molecule has 0 heterocycles. The highest BCUT2D eigenvalue weighted by Crippen LogP contribution is 2.00. The Morgan fingerprint density at radius 2 is 0.863 bits per heavy atom. The first-order valence-corrected chi connectivity index (χ1v) is 19.4. The average molecular weight is 747 g/mol. The van der Waals surface area contributed by atoms with Crippen LogP contribution in [0.1, 0.15) is 91.4 Å². The van der Waals surface area contributed by atoms with Gasteiger partial charge in [-0.3, -0.25) is 0 Å². The van der Waals surface area contributed by atoms with E-state index in [1.807, 2.05) is 6.92 Å². The van der Waals surface area contributed by atoms with Gasteiger partial charge in [-0.2, -0.15) is 0 Å². The molecule has 320 valence electrons. The molecule has 0 aliphatic heterocycles. The van der Waals surface area contributed by atoms with E-state index in [2.05, 4.69) is 32.8 Å². The van der Waals surface area contributed by atoms with Gasteiger partial charge in [-0.15, -0.1) is 0 Å². The fourth-order valence-electron chi connectivity index (χ4n) is 2.92. The van der Waals surface area contributed by atoms with Crippen LogP contribution in [0.2, 0.25) is 0 Å². The molecule has 3 atom stereocenters. The molecule has 0 aromatic rings. The van der Waals surface area contributed by atoms with E-state index >= 15 is 0 Å². The summed E-state index contributed by atoms with van der Waals surface area (Å²) in [6.07, 6.45) is 12.0. The minimum atomic E-state index is 0.273. The average Bonchev–Trinajstić information content (AvgIpc) is 3.11. The second-order valence-corrected chi connectivity index (χ2v) is 12.2. The summed E-state index contributed by atoms with van der Waals surface area (Å²) < 4.78 is 10.1. The maximum Gasteiger partial charge on any atom is 0.0701 e. The van der Waals surface area contributed by atoms with Gasteiger partial charge in [-0.25, -0.2) is 0 Å². The largest absolute Gasteiger partial charge is 0.378 e. The third-order valence-corrected chi connectivity index (χ3v) is 6.26. The van der Waals surface area contributed by atoms with Crippen LogP contribution in [0.3, 0.4) is 0 Å². The van der Waals surface area contributed by atoms with Crippen molar-refractivity contribution in [3.05, 3.63) is 0 Å². The van der Waals surface area contributed by atoms with E-state index in [0.717, 1.165) is 110 Å². The van der Waals surface area contributed by atoms with E-state index in [4.69, 9.17) is 84.0 Å². The molecule has 0 spiro atoms. The van der Waals surface area contributed by atoms with Gasteiger partial charge in [-0.1, -0.05) is 26.7 Å². The quantitative estimate of drug-likeness (QED) is 0.0456. The number of nitrogens with two attached hydrogens (primary N) is 13. The molecule has 0 saturated carbocycles. The molecule has 26 N–H and O–H groups in total. The zero-order chi connectivity index (χ0) is 40.8. The SMILES string of the molecule is CC(CN)CCCN.CC(N)CCN.CCC(N)CCN.CN(C)CCCN.NCCCCCCN.NCCCN.NCCOCCOCCN. The lowest BCUT2D eigenvalue weighted by Gasteiger charge is -2.05. The topological polar surface area (TPSA) is 360 Å². The first-order valence-electron chi connectivity index (χ1n) is 19.4. The summed E-state index contributed by atoms with van der Waals surface area (Å²) >= 11 is 0. The van der Waals surface area contributed by atoms with E-state index < -0.39 is 0 Å². The molecule has 0 amide bonds. The van der Waals surface area contributed by atoms with Crippen LogP contribution in [-0.2, 0) is 9.47 Å². The highest BCUT2D eigenvalue weighted by Gasteiger charge is 1.95. The molecule has 16 nitrogen and oxygen atoms in total. The van der Waals surface area contributed by atoms with Crippen LogP contribution in [0.15, 0.2) is 0 Å². The zero-order valence-electron chi connectivity index (χ0n) is 34.6. The van der Waals surface area contributed by atoms with Gasteiger partial charge in [0.1, 0.15) is 0 Å². The van der Waals surface area contributed by atoms with Gasteiger partial charge in [0.25, 0.3) is 0 Å². The first kappa shape index (κ1) is 65.3.